The Labute approximate surface area is 237 Å². The topological polar surface area (TPSA) is 114 Å². The number of esters is 4. The standard InChI is InChI=1S/C30H34O9S/c1-6-20-7-9-21(10-8-20)30-24-13-22(11-12-23(24)15-40-30)26-28(37-18(4)33)29(38-19(5)34)27(36-17(3)32)25(39-26)14-35-16(2)31/h7-13,25-30H,6,14-15H2,1-5H3. The molecule has 2 aromatic carbocycles. The van der Waals surface area contributed by atoms with Gasteiger partial charge in [-0.1, -0.05) is 49.4 Å². The molecule has 0 bridgehead atoms. The van der Waals surface area contributed by atoms with E-state index >= 15 is 0 Å². The average Bonchev–Trinajstić information content (AvgIpc) is 3.32. The highest BCUT2D eigenvalue weighted by Gasteiger charge is 2.52. The lowest BCUT2D eigenvalue weighted by atomic mass is 9.88. The molecule has 214 valence electrons. The van der Waals surface area contributed by atoms with Gasteiger partial charge in [-0.3, -0.25) is 19.2 Å². The number of ether oxygens (including phenoxy) is 5. The molecule has 2 aromatic rings. The van der Waals surface area contributed by atoms with Crippen LogP contribution >= 0.6 is 11.8 Å². The number of carbonyl (C=O) groups is 4. The van der Waals surface area contributed by atoms with Crippen LogP contribution in [0.1, 0.15) is 73.8 Å². The van der Waals surface area contributed by atoms with E-state index in [1.807, 2.05) is 30.0 Å². The molecule has 0 radical (unpaired) electrons. The van der Waals surface area contributed by atoms with Crippen LogP contribution in [0.4, 0.5) is 0 Å². The van der Waals surface area contributed by atoms with Crippen LogP contribution in [-0.2, 0) is 55.0 Å². The number of aryl methyl sites for hydroxylation is 1. The zero-order chi connectivity index (χ0) is 29.0. The predicted molar refractivity (Wildman–Crippen MR) is 146 cm³/mol. The van der Waals surface area contributed by atoms with Gasteiger partial charge in [-0.15, -0.1) is 11.8 Å². The van der Waals surface area contributed by atoms with E-state index in [2.05, 4.69) is 31.2 Å². The third-order valence-electron chi connectivity index (χ3n) is 6.87. The van der Waals surface area contributed by atoms with E-state index in [4.69, 9.17) is 23.7 Å². The van der Waals surface area contributed by atoms with Crippen LogP contribution in [0.2, 0.25) is 0 Å². The van der Waals surface area contributed by atoms with Gasteiger partial charge < -0.3 is 23.7 Å². The third kappa shape index (κ3) is 6.85. The summed E-state index contributed by atoms with van der Waals surface area (Å²) < 4.78 is 28.3. The molecule has 2 aliphatic heterocycles. The van der Waals surface area contributed by atoms with Crippen LogP contribution in [0.15, 0.2) is 42.5 Å². The number of fused-ring (bicyclic) bond motifs is 1. The van der Waals surface area contributed by atoms with E-state index < -0.39 is 54.4 Å². The maximum Gasteiger partial charge on any atom is 0.303 e. The second kappa shape index (κ2) is 12.9. The van der Waals surface area contributed by atoms with Gasteiger partial charge in [0, 0.05) is 33.4 Å². The fourth-order valence-corrected chi connectivity index (χ4v) is 6.49. The van der Waals surface area contributed by atoms with Crippen molar-refractivity contribution in [3.63, 3.8) is 0 Å². The first-order valence-electron chi connectivity index (χ1n) is 13.2. The summed E-state index contributed by atoms with van der Waals surface area (Å²) in [5.41, 5.74) is 5.43. The molecule has 0 amide bonds. The Morgan fingerprint density at radius 1 is 0.800 bits per heavy atom. The lowest BCUT2D eigenvalue weighted by Crippen LogP contribution is -2.59. The molecule has 0 saturated carbocycles. The van der Waals surface area contributed by atoms with Gasteiger partial charge in [-0.25, -0.2) is 0 Å². The van der Waals surface area contributed by atoms with Crippen LogP contribution in [0.5, 0.6) is 0 Å². The Hall–Kier alpha value is -3.37. The number of carbonyl (C=O) groups excluding carboxylic acids is 4. The molecule has 0 aromatic heterocycles. The predicted octanol–water partition coefficient (Wildman–Crippen LogP) is 4.38. The second-order valence-corrected chi connectivity index (χ2v) is 11.0. The summed E-state index contributed by atoms with van der Waals surface area (Å²) in [4.78, 5) is 48.0. The number of thioether (sulfide) groups is 1. The third-order valence-corrected chi connectivity index (χ3v) is 8.21. The first-order chi connectivity index (χ1) is 19.1. The molecular formula is C30H34O9S. The van der Waals surface area contributed by atoms with Gasteiger partial charge in [0.15, 0.2) is 18.3 Å². The first-order valence-corrected chi connectivity index (χ1v) is 14.3. The Balaban J connectivity index is 1.76. The minimum Gasteiger partial charge on any atom is -0.463 e. The normalized spacial score (nSPS) is 25.4. The van der Waals surface area contributed by atoms with Crippen molar-refractivity contribution in [1.29, 1.82) is 0 Å². The molecule has 2 aliphatic rings. The molecule has 9 nitrogen and oxygen atoms in total. The largest absolute Gasteiger partial charge is 0.463 e. The van der Waals surface area contributed by atoms with Crippen molar-refractivity contribution in [1.82, 2.24) is 0 Å². The van der Waals surface area contributed by atoms with Crippen LogP contribution in [0.25, 0.3) is 0 Å². The van der Waals surface area contributed by atoms with Gasteiger partial charge in [0.05, 0.1) is 5.25 Å². The number of rotatable bonds is 8. The summed E-state index contributed by atoms with van der Waals surface area (Å²) in [6.07, 6.45) is -4.45. The molecule has 10 heteroatoms. The smallest absolute Gasteiger partial charge is 0.303 e. The fraction of sp³-hybridized carbons (Fsp3) is 0.467. The summed E-state index contributed by atoms with van der Waals surface area (Å²) in [6, 6.07) is 14.5. The summed E-state index contributed by atoms with van der Waals surface area (Å²) in [7, 11) is 0. The maximum atomic E-state index is 12.2. The van der Waals surface area contributed by atoms with Crippen LogP contribution < -0.4 is 0 Å². The van der Waals surface area contributed by atoms with E-state index in [1.54, 1.807) is 0 Å². The van der Waals surface area contributed by atoms with E-state index in [9.17, 15) is 19.2 Å². The molecule has 6 atom stereocenters. The molecule has 40 heavy (non-hydrogen) atoms. The van der Waals surface area contributed by atoms with Gasteiger partial charge >= 0.3 is 23.9 Å². The van der Waals surface area contributed by atoms with E-state index in [1.165, 1.54) is 44.4 Å². The van der Waals surface area contributed by atoms with Crippen molar-refractivity contribution < 1.29 is 42.9 Å². The van der Waals surface area contributed by atoms with E-state index in [-0.39, 0.29) is 11.9 Å². The van der Waals surface area contributed by atoms with E-state index in [0.29, 0.717) is 5.56 Å². The summed E-state index contributed by atoms with van der Waals surface area (Å²) in [5, 5.41) is 0.103. The zero-order valence-corrected chi connectivity index (χ0v) is 24.0. The quantitative estimate of drug-likeness (QED) is 0.334. The summed E-state index contributed by atoms with van der Waals surface area (Å²) >= 11 is 1.82. The van der Waals surface area contributed by atoms with Crippen molar-refractivity contribution >= 4 is 35.6 Å². The van der Waals surface area contributed by atoms with Crippen LogP contribution in [0, 0.1) is 0 Å². The molecule has 0 spiro atoms. The van der Waals surface area contributed by atoms with Gasteiger partial charge in [-0.2, -0.15) is 0 Å². The molecule has 6 unspecified atom stereocenters. The Morgan fingerprint density at radius 3 is 2.00 bits per heavy atom. The average molecular weight is 571 g/mol. The van der Waals surface area contributed by atoms with Gasteiger partial charge in [0.1, 0.15) is 18.8 Å². The highest BCUT2D eigenvalue weighted by molar-refractivity contribution is 7.99. The second-order valence-electron chi connectivity index (χ2n) is 9.86. The zero-order valence-electron chi connectivity index (χ0n) is 23.2. The summed E-state index contributed by atoms with van der Waals surface area (Å²) in [5.74, 6) is -1.66. The Kier molecular flexibility index (Phi) is 9.52. The Bertz CT molecular complexity index is 1260. The highest BCUT2D eigenvalue weighted by Crippen LogP contribution is 2.48. The van der Waals surface area contributed by atoms with Crippen molar-refractivity contribution in [3.05, 3.63) is 70.3 Å². The van der Waals surface area contributed by atoms with Gasteiger partial charge in [0.2, 0.25) is 0 Å². The lowest BCUT2D eigenvalue weighted by Gasteiger charge is -2.44. The molecule has 0 N–H and O–H groups in total. The molecule has 0 aliphatic carbocycles. The Morgan fingerprint density at radius 2 is 1.40 bits per heavy atom. The molecule has 1 fully saturated rings. The minimum absolute atomic E-state index is 0.103. The van der Waals surface area contributed by atoms with Crippen LogP contribution in [0.3, 0.4) is 0 Å². The van der Waals surface area contributed by atoms with E-state index in [0.717, 1.165) is 17.7 Å². The highest BCUT2D eigenvalue weighted by atomic mass is 32.2. The van der Waals surface area contributed by atoms with Crippen molar-refractivity contribution in [2.45, 2.75) is 82.6 Å². The SMILES string of the molecule is CCc1ccc(C2SCc3ccc(C4OC(COC(C)=O)C(OC(C)=O)C(OC(C)=O)C4OC(C)=O)cc32)cc1. The lowest BCUT2D eigenvalue weighted by molar-refractivity contribution is -0.254. The monoisotopic (exact) mass is 570 g/mol. The van der Waals surface area contributed by atoms with Crippen molar-refractivity contribution in [3.8, 4) is 0 Å². The van der Waals surface area contributed by atoms with Gasteiger partial charge in [0.25, 0.3) is 0 Å². The first kappa shape index (κ1) is 29.6. The van der Waals surface area contributed by atoms with Crippen molar-refractivity contribution in [2.24, 2.45) is 0 Å². The van der Waals surface area contributed by atoms with Gasteiger partial charge in [-0.05, 0) is 34.2 Å². The number of benzene rings is 2. The number of hydrogen-bond donors (Lipinski definition) is 0. The minimum atomic E-state index is -1.20. The summed E-state index contributed by atoms with van der Waals surface area (Å²) in [6.45, 7) is 6.75. The van der Waals surface area contributed by atoms with Crippen molar-refractivity contribution in [2.75, 3.05) is 6.61 Å². The van der Waals surface area contributed by atoms with Crippen LogP contribution in [-0.4, -0.2) is 54.9 Å². The number of hydrogen-bond acceptors (Lipinski definition) is 10. The molecule has 1 saturated heterocycles. The molecule has 2 heterocycles. The molecule has 4 rings (SSSR count). The fourth-order valence-electron chi connectivity index (χ4n) is 5.13. The maximum absolute atomic E-state index is 12.2. The molecular weight excluding hydrogens is 536 g/mol.